The van der Waals surface area contributed by atoms with E-state index in [1.807, 2.05) is 34.0 Å². The van der Waals surface area contributed by atoms with Gasteiger partial charge in [-0.2, -0.15) is 5.10 Å². The number of amides is 1. The van der Waals surface area contributed by atoms with Gasteiger partial charge in [0.05, 0.1) is 18.1 Å². The Balaban J connectivity index is 2.24. The van der Waals surface area contributed by atoms with Crippen molar-refractivity contribution >= 4 is 34.9 Å². The van der Waals surface area contributed by atoms with Crippen LogP contribution >= 0.6 is 11.8 Å². The Labute approximate surface area is 152 Å². The zero-order chi connectivity index (χ0) is 18.6. The zero-order valence-electron chi connectivity index (χ0n) is 15.3. The van der Waals surface area contributed by atoms with E-state index in [9.17, 15) is 9.59 Å². The van der Waals surface area contributed by atoms with Gasteiger partial charge in [0.2, 0.25) is 0 Å². The van der Waals surface area contributed by atoms with E-state index in [4.69, 9.17) is 4.74 Å². The van der Waals surface area contributed by atoms with Crippen molar-refractivity contribution in [2.45, 2.75) is 27.7 Å². The number of esters is 1. The molecule has 7 nitrogen and oxygen atoms in total. The predicted molar refractivity (Wildman–Crippen MR) is 99.0 cm³/mol. The molecule has 0 bridgehead atoms. The summed E-state index contributed by atoms with van der Waals surface area (Å²) in [5, 5.41) is 4.82. The first-order chi connectivity index (χ1) is 11.8. The molecule has 8 heteroatoms. The monoisotopic (exact) mass is 364 g/mol. The van der Waals surface area contributed by atoms with Crippen LogP contribution in [0.15, 0.2) is 16.9 Å². The zero-order valence-corrected chi connectivity index (χ0v) is 16.1. The minimum Gasteiger partial charge on any atom is -0.465 e. The minimum absolute atomic E-state index is 0.133. The molecule has 0 saturated heterocycles. The van der Waals surface area contributed by atoms with Crippen molar-refractivity contribution in [3.63, 3.8) is 0 Å². The van der Waals surface area contributed by atoms with E-state index < -0.39 is 0 Å². The molecular formula is C17H24N4O3S. The summed E-state index contributed by atoms with van der Waals surface area (Å²) in [4.78, 5) is 30.4. The lowest BCUT2D eigenvalue weighted by Crippen LogP contribution is -2.34. The first-order valence-corrected chi connectivity index (χ1v) is 9.21. The van der Waals surface area contributed by atoms with Gasteiger partial charge in [0.25, 0.3) is 5.91 Å². The minimum atomic E-state index is -0.312. The van der Waals surface area contributed by atoms with E-state index in [1.54, 1.807) is 22.6 Å². The van der Waals surface area contributed by atoms with Crippen LogP contribution < -0.4 is 0 Å². The maximum absolute atomic E-state index is 12.7. The van der Waals surface area contributed by atoms with Gasteiger partial charge >= 0.3 is 5.97 Å². The predicted octanol–water partition coefficient (Wildman–Crippen LogP) is 2.22. The van der Waals surface area contributed by atoms with E-state index >= 15 is 0 Å². The lowest BCUT2D eigenvalue weighted by atomic mass is 10.2. The van der Waals surface area contributed by atoms with Crippen LogP contribution in [0.5, 0.6) is 0 Å². The molecule has 25 heavy (non-hydrogen) atoms. The summed E-state index contributed by atoms with van der Waals surface area (Å²) in [6, 6.07) is 0. The molecule has 1 aromatic heterocycles. The number of aryl methyl sites for hydroxylation is 2. The molecule has 0 fully saturated rings. The molecule has 136 valence electrons. The topological polar surface area (TPSA) is 76.8 Å². The lowest BCUT2D eigenvalue weighted by molar-refractivity contribution is -0.139. The van der Waals surface area contributed by atoms with Crippen LogP contribution in [-0.2, 0) is 21.4 Å². The van der Waals surface area contributed by atoms with Gasteiger partial charge in [0.15, 0.2) is 5.17 Å². The SMILES string of the molecule is CCOC(=O)CSC1=NC(=Cc2cn(C)nc2C)C(=O)N1CC(C)C. The van der Waals surface area contributed by atoms with E-state index in [0.717, 1.165) is 11.3 Å². The summed E-state index contributed by atoms with van der Waals surface area (Å²) in [5.41, 5.74) is 2.06. The Morgan fingerprint density at radius 1 is 1.44 bits per heavy atom. The standard InChI is InChI=1S/C17H24N4O3S/c1-6-24-15(22)10-25-17-18-14(16(23)21(17)8-11(2)3)7-13-9-20(5)19-12(13)4/h7,9,11H,6,8,10H2,1-5H3. The molecule has 0 atom stereocenters. The smallest absolute Gasteiger partial charge is 0.316 e. The molecular weight excluding hydrogens is 340 g/mol. The Morgan fingerprint density at radius 3 is 2.72 bits per heavy atom. The molecule has 0 spiro atoms. The third kappa shape index (κ3) is 4.94. The number of hydrogen-bond donors (Lipinski definition) is 0. The summed E-state index contributed by atoms with van der Waals surface area (Å²) < 4.78 is 6.64. The molecule has 0 N–H and O–H groups in total. The number of hydrogen-bond acceptors (Lipinski definition) is 6. The van der Waals surface area contributed by atoms with Gasteiger partial charge in [0, 0.05) is 25.4 Å². The Morgan fingerprint density at radius 2 is 2.16 bits per heavy atom. The van der Waals surface area contributed by atoms with Gasteiger partial charge < -0.3 is 4.74 Å². The molecule has 1 aromatic rings. The van der Waals surface area contributed by atoms with Gasteiger partial charge in [-0.05, 0) is 25.8 Å². The van der Waals surface area contributed by atoms with Crippen molar-refractivity contribution < 1.29 is 14.3 Å². The molecule has 2 heterocycles. The number of aliphatic imine (C=N–C) groups is 1. The van der Waals surface area contributed by atoms with Gasteiger partial charge in [-0.1, -0.05) is 25.6 Å². The highest BCUT2D eigenvalue weighted by atomic mass is 32.2. The van der Waals surface area contributed by atoms with Gasteiger partial charge in [-0.3, -0.25) is 19.2 Å². The molecule has 1 aliphatic rings. The van der Waals surface area contributed by atoms with E-state index in [-0.39, 0.29) is 23.5 Å². The molecule has 0 radical (unpaired) electrons. The van der Waals surface area contributed by atoms with Crippen molar-refractivity contribution in [3.05, 3.63) is 23.2 Å². The first-order valence-electron chi connectivity index (χ1n) is 8.22. The van der Waals surface area contributed by atoms with E-state index in [0.29, 0.717) is 24.0 Å². The van der Waals surface area contributed by atoms with Crippen LogP contribution in [0.4, 0.5) is 0 Å². The summed E-state index contributed by atoms with van der Waals surface area (Å²) in [6.07, 6.45) is 3.59. The molecule has 1 aliphatic heterocycles. The number of ether oxygens (including phenoxy) is 1. The van der Waals surface area contributed by atoms with Crippen molar-refractivity contribution in [1.82, 2.24) is 14.7 Å². The maximum atomic E-state index is 12.7. The highest BCUT2D eigenvalue weighted by molar-refractivity contribution is 8.14. The average Bonchev–Trinajstić information content (AvgIpc) is 2.99. The molecule has 0 saturated carbocycles. The van der Waals surface area contributed by atoms with Crippen LogP contribution in [0.3, 0.4) is 0 Å². The Hall–Kier alpha value is -2.09. The quantitative estimate of drug-likeness (QED) is 0.571. The molecule has 0 unspecified atom stereocenters. The average molecular weight is 364 g/mol. The van der Waals surface area contributed by atoms with Gasteiger partial charge in [0.1, 0.15) is 5.70 Å². The number of nitrogens with zero attached hydrogens (tertiary/aromatic N) is 4. The van der Waals surface area contributed by atoms with Crippen molar-refractivity contribution in [1.29, 1.82) is 0 Å². The summed E-state index contributed by atoms with van der Waals surface area (Å²) in [6.45, 7) is 8.61. The number of carbonyl (C=O) groups is 2. The van der Waals surface area contributed by atoms with Crippen molar-refractivity contribution in [2.75, 3.05) is 18.9 Å². The number of carbonyl (C=O) groups excluding carboxylic acids is 2. The van der Waals surface area contributed by atoms with Gasteiger partial charge in [-0.15, -0.1) is 0 Å². The molecule has 0 aromatic carbocycles. The Kier molecular flexibility index (Phi) is 6.41. The van der Waals surface area contributed by atoms with Crippen molar-refractivity contribution in [3.8, 4) is 0 Å². The third-order valence-corrected chi connectivity index (χ3v) is 4.38. The third-order valence-electron chi connectivity index (χ3n) is 3.43. The number of rotatable bonds is 6. The second kappa shape index (κ2) is 8.33. The Bertz CT molecular complexity index is 721. The summed E-state index contributed by atoms with van der Waals surface area (Å²) in [5.74, 6) is -0.0406. The fourth-order valence-electron chi connectivity index (χ4n) is 2.40. The van der Waals surface area contributed by atoms with Gasteiger partial charge in [-0.25, -0.2) is 4.99 Å². The first kappa shape index (κ1) is 19.2. The van der Waals surface area contributed by atoms with Crippen molar-refractivity contribution in [2.24, 2.45) is 18.0 Å². The highest BCUT2D eigenvalue weighted by Gasteiger charge is 2.31. The van der Waals surface area contributed by atoms with Crippen LogP contribution in [0.2, 0.25) is 0 Å². The second-order valence-corrected chi connectivity index (χ2v) is 7.11. The normalized spacial score (nSPS) is 16.1. The van der Waals surface area contributed by atoms with E-state index in [1.165, 1.54) is 11.8 Å². The number of amidine groups is 1. The summed E-state index contributed by atoms with van der Waals surface area (Å²) in [7, 11) is 1.83. The molecule has 0 aliphatic carbocycles. The highest BCUT2D eigenvalue weighted by Crippen LogP contribution is 2.25. The number of thioether (sulfide) groups is 1. The largest absolute Gasteiger partial charge is 0.465 e. The van der Waals surface area contributed by atoms with E-state index in [2.05, 4.69) is 10.1 Å². The molecule has 2 rings (SSSR count). The maximum Gasteiger partial charge on any atom is 0.316 e. The summed E-state index contributed by atoms with van der Waals surface area (Å²) >= 11 is 1.23. The van der Waals surface area contributed by atoms with Crippen LogP contribution in [0.1, 0.15) is 32.0 Å². The van der Waals surface area contributed by atoms with Crippen LogP contribution in [0, 0.1) is 12.8 Å². The fourth-order valence-corrected chi connectivity index (χ4v) is 3.21. The molecule has 1 amide bonds. The van der Waals surface area contributed by atoms with Crippen LogP contribution in [-0.4, -0.2) is 50.6 Å². The second-order valence-electron chi connectivity index (χ2n) is 6.17. The lowest BCUT2D eigenvalue weighted by Gasteiger charge is -2.19. The fraction of sp³-hybridized carbons (Fsp3) is 0.529. The van der Waals surface area contributed by atoms with Crippen LogP contribution in [0.25, 0.3) is 6.08 Å². The number of aromatic nitrogens is 2.